The summed E-state index contributed by atoms with van der Waals surface area (Å²) in [5, 5.41) is 29.4. The number of rotatable bonds is 6. The number of benzene rings is 1. The Balaban J connectivity index is 0.00000156. The molecule has 1 unspecified atom stereocenters. The summed E-state index contributed by atoms with van der Waals surface area (Å²) in [4.78, 5) is 16.2. The number of hydrogen-bond donors (Lipinski definition) is 3. The van der Waals surface area contributed by atoms with Gasteiger partial charge >= 0.3 is 5.97 Å². The van der Waals surface area contributed by atoms with E-state index in [1.807, 2.05) is 36.7 Å². The number of carboxylic acids is 1. The van der Waals surface area contributed by atoms with E-state index in [2.05, 4.69) is 15.2 Å². The first-order valence-electron chi connectivity index (χ1n) is 12.5. The molecule has 10 nitrogen and oxygen atoms in total. The molecule has 4 heterocycles. The Kier molecular flexibility index (Phi) is 7.60. The molecule has 4 N–H and O–H groups in total. The van der Waals surface area contributed by atoms with E-state index in [9.17, 15) is 15.0 Å². The monoisotopic (exact) mass is 506 g/mol. The number of ether oxygens (including phenoxy) is 1. The lowest BCUT2D eigenvalue weighted by Crippen LogP contribution is -2.34. The van der Waals surface area contributed by atoms with Crippen molar-refractivity contribution in [2.75, 3.05) is 18.9 Å². The lowest BCUT2D eigenvalue weighted by atomic mass is 9.84. The predicted octanol–water partition coefficient (Wildman–Crippen LogP) is 4.16. The molecule has 196 valence electrons. The third-order valence-corrected chi connectivity index (χ3v) is 6.53. The predicted molar refractivity (Wildman–Crippen MR) is 141 cm³/mol. The van der Waals surface area contributed by atoms with Gasteiger partial charge in [-0.3, -0.25) is 9.48 Å². The van der Waals surface area contributed by atoms with Crippen molar-refractivity contribution in [1.82, 2.24) is 24.4 Å². The normalized spacial score (nSPS) is 15.3. The highest BCUT2D eigenvalue weighted by atomic mass is 16.5. The van der Waals surface area contributed by atoms with Gasteiger partial charge < -0.3 is 20.7 Å². The number of nitrogen functional groups attached to an aromatic ring is 1. The molecule has 5 rings (SSSR count). The highest BCUT2D eigenvalue weighted by Gasteiger charge is 2.35. The molecular formula is C27H34N6O4. The largest absolute Gasteiger partial charge is 0.481 e. The Hall–Kier alpha value is -3.76. The number of nitrogens with two attached hydrogens (primary N) is 1. The molecule has 0 amide bonds. The highest BCUT2D eigenvalue weighted by molar-refractivity contribution is 5.91. The zero-order valence-corrected chi connectivity index (χ0v) is 21.6. The summed E-state index contributed by atoms with van der Waals surface area (Å²) in [5.74, 6) is -1.86. The van der Waals surface area contributed by atoms with Crippen LogP contribution >= 0.6 is 0 Å². The lowest BCUT2D eigenvalue weighted by Gasteiger charge is -2.26. The van der Waals surface area contributed by atoms with Crippen LogP contribution in [0, 0.1) is 0 Å². The second-order valence-electron chi connectivity index (χ2n) is 9.40. The number of carbonyl (C=O) groups is 1. The summed E-state index contributed by atoms with van der Waals surface area (Å²) in [7, 11) is 0. The number of nitrogens with zero attached hydrogens (tertiary/aromatic N) is 5. The Morgan fingerprint density at radius 2 is 1.86 bits per heavy atom. The number of aliphatic hydroxyl groups is 1. The zero-order valence-electron chi connectivity index (χ0n) is 21.6. The van der Waals surface area contributed by atoms with Crippen molar-refractivity contribution < 1.29 is 19.7 Å². The molecule has 1 aliphatic heterocycles. The Morgan fingerprint density at radius 1 is 1.14 bits per heavy atom. The van der Waals surface area contributed by atoms with Crippen LogP contribution in [0.3, 0.4) is 0 Å². The molecule has 4 aromatic rings. The van der Waals surface area contributed by atoms with Crippen LogP contribution in [0.5, 0.6) is 0 Å². The van der Waals surface area contributed by atoms with Gasteiger partial charge in [0.2, 0.25) is 0 Å². The summed E-state index contributed by atoms with van der Waals surface area (Å²) >= 11 is 0. The molecule has 3 aromatic heterocycles. The van der Waals surface area contributed by atoms with Crippen molar-refractivity contribution in [2.45, 2.75) is 58.1 Å². The summed E-state index contributed by atoms with van der Waals surface area (Å²) in [5.41, 5.74) is 9.24. The Morgan fingerprint density at radius 3 is 2.54 bits per heavy atom. The van der Waals surface area contributed by atoms with E-state index in [0.717, 1.165) is 35.4 Å². The Bertz CT molecular complexity index is 1380. The van der Waals surface area contributed by atoms with Crippen molar-refractivity contribution in [3.8, 4) is 22.5 Å². The van der Waals surface area contributed by atoms with Crippen LogP contribution in [-0.4, -0.2) is 59.4 Å². The quantitative estimate of drug-likeness (QED) is 0.354. The molecule has 1 aliphatic rings. The fraction of sp³-hybridized carbons (Fsp3) is 0.407. The first-order valence-corrected chi connectivity index (χ1v) is 12.5. The van der Waals surface area contributed by atoms with E-state index >= 15 is 0 Å². The third-order valence-electron chi connectivity index (χ3n) is 6.53. The van der Waals surface area contributed by atoms with Crippen LogP contribution in [-0.2, 0) is 9.53 Å². The average molecular weight is 507 g/mol. The van der Waals surface area contributed by atoms with Gasteiger partial charge in [-0.1, -0.05) is 32.0 Å². The number of fused-ring (bicyclic) bond motifs is 1. The van der Waals surface area contributed by atoms with Crippen LogP contribution in [0.2, 0.25) is 0 Å². The van der Waals surface area contributed by atoms with E-state index in [1.54, 1.807) is 28.9 Å². The van der Waals surface area contributed by atoms with Crippen molar-refractivity contribution in [3.63, 3.8) is 0 Å². The maximum atomic E-state index is 12.0. The first-order chi connectivity index (χ1) is 17.8. The van der Waals surface area contributed by atoms with Crippen LogP contribution in [0.4, 0.5) is 5.82 Å². The number of carboxylic acid groups (broad SMARTS) is 1. The molecule has 1 aromatic carbocycles. The van der Waals surface area contributed by atoms with Gasteiger partial charge in [-0.15, -0.1) is 0 Å². The molecular weight excluding hydrogens is 472 g/mol. The second-order valence-corrected chi connectivity index (χ2v) is 9.40. The van der Waals surface area contributed by atoms with Crippen molar-refractivity contribution >= 4 is 17.3 Å². The molecule has 1 saturated heterocycles. The van der Waals surface area contributed by atoms with Gasteiger partial charge in [-0.25, -0.2) is 9.50 Å². The summed E-state index contributed by atoms with van der Waals surface area (Å²) in [6, 6.07) is 11.3. The fourth-order valence-electron chi connectivity index (χ4n) is 4.95. The zero-order chi connectivity index (χ0) is 26.7. The number of hydrogen-bond acceptors (Lipinski definition) is 7. The average Bonchev–Trinajstić information content (AvgIpc) is 3.51. The maximum absolute atomic E-state index is 12.0. The minimum atomic E-state index is -1.44. The smallest absolute Gasteiger partial charge is 0.313 e. The summed E-state index contributed by atoms with van der Waals surface area (Å²) < 4.78 is 9.25. The number of aliphatic carboxylic acids is 1. The molecule has 0 bridgehead atoms. The third kappa shape index (κ3) is 5.07. The van der Waals surface area contributed by atoms with E-state index in [4.69, 9.17) is 10.5 Å². The van der Waals surface area contributed by atoms with Crippen LogP contribution in [0.1, 0.15) is 58.1 Å². The molecule has 0 saturated carbocycles. The van der Waals surface area contributed by atoms with E-state index < -0.39 is 17.5 Å². The molecule has 0 radical (unpaired) electrons. The maximum Gasteiger partial charge on any atom is 0.313 e. The van der Waals surface area contributed by atoms with E-state index in [1.165, 1.54) is 20.2 Å². The number of anilines is 1. The first kappa shape index (κ1) is 26.3. The molecule has 37 heavy (non-hydrogen) atoms. The number of aromatic nitrogens is 5. The SMILES string of the molecule is CC.CC(C)(O)C(C(=O)O)c1cccc(-c2cc(-c3ccnn3C3CCOCC3)c3c(N)ncnn23)c1. The molecule has 0 aliphatic carbocycles. The minimum absolute atomic E-state index is 0.212. The van der Waals surface area contributed by atoms with Gasteiger partial charge in [0, 0.05) is 30.5 Å². The van der Waals surface area contributed by atoms with Gasteiger partial charge in [0.05, 0.1) is 23.0 Å². The molecule has 10 heteroatoms. The topological polar surface area (TPSA) is 141 Å². The van der Waals surface area contributed by atoms with Crippen LogP contribution in [0.25, 0.3) is 28.0 Å². The molecule has 1 atom stereocenters. The van der Waals surface area contributed by atoms with Gasteiger partial charge in [0.1, 0.15) is 17.8 Å². The fourth-order valence-corrected chi connectivity index (χ4v) is 4.95. The van der Waals surface area contributed by atoms with Crippen LogP contribution < -0.4 is 5.73 Å². The lowest BCUT2D eigenvalue weighted by molar-refractivity contribution is -0.144. The van der Waals surface area contributed by atoms with Gasteiger partial charge in [-0.05, 0) is 50.5 Å². The highest BCUT2D eigenvalue weighted by Crippen LogP contribution is 2.38. The molecule has 1 fully saturated rings. The minimum Gasteiger partial charge on any atom is -0.481 e. The second kappa shape index (κ2) is 10.7. The van der Waals surface area contributed by atoms with Crippen molar-refractivity contribution in [2.24, 2.45) is 0 Å². The van der Waals surface area contributed by atoms with Crippen molar-refractivity contribution in [3.05, 3.63) is 54.5 Å². The molecule has 0 spiro atoms. The summed E-state index contributed by atoms with van der Waals surface area (Å²) in [6.07, 6.45) is 4.91. The van der Waals surface area contributed by atoms with Crippen LogP contribution in [0.15, 0.2) is 48.9 Å². The van der Waals surface area contributed by atoms with E-state index in [-0.39, 0.29) is 6.04 Å². The summed E-state index contributed by atoms with van der Waals surface area (Å²) in [6.45, 7) is 8.37. The van der Waals surface area contributed by atoms with Crippen molar-refractivity contribution in [1.29, 1.82) is 0 Å². The standard InChI is InChI=1S/C25H28N6O4.C2H6/c1-25(2,34)21(24(32)33)16-5-3-4-15(12-16)20-13-18(22-23(26)27-14-29-31(20)22)19-6-9-28-30(19)17-7-10-35-11-8-17;1-2/h3-6,9,12-14,17,21,34H,7-8,10-11H2,1-2H3,(H,32,33)(H2,26,27,29);1-2H3. The Labute approximate surface area is 215 Å². The van der Waals surface area contributed by atoms with Gasteiger partial charge in [0.15, 0.2) is 5.82 Å². The van der Waals surface area contributed by atoms with Gasteiger partial charge in [-0.2, -0.15) is 10.2 Å². The van der Waals surface area contributed by atoms with Gasteiger partial charge in [0.25, 0.3) is 0 Å². The van der Waals surface area contributed by atoms with E-state index in [0.29, 0.717) is 30.1 Å².